The lowest BCUT2D eigenvalue weighted by Gasteiger charge is -2.08. The molecule has 0 radical (unpaired) electrons. The standard InChI is InChI=1S/C13H18O/c1-10-4-5-11(2)12(8-10)6-7-13(3)9-14-13/h4-5,8H,6-7,9H2,1-3H3. The van der Waals surface area contributed by atoms with E-state index in [4.69, 9.17) is 4.74 Å². The molecule has 0 aromatic heterocycles. The van der Waals surface area contributed by atoms with Gasteiger partial charge < -0.3 is 4.74 Å². The Hall–Kier alpha value is -0.820. The quantitative estimate of drug-likeness (QED) is 0.667. The summed E-state index contributed by atoms with van der Waals surface area (Å²) in [6, 6.07) is 6.68. The Labute approximate surface area is 86.1 Å². The molecule has 1 heterocycles. The Bertz CT molecular complexity index is 337. The fourth-order valence-electron chi connectivity index (χ4n) is 1.74. The fraction of sp³-hybridized carbons (Fsp3) is 0.538. The normalized spacial score (nSPS) is 25.1. The van der Waals surface area contributed by atoms with Gasteiger partial charge in [0, 0.05) is 0 Å². The van der Waals surface area contributed by atoms with Gasteiger partial charge in [-0.15, -0.1) is 0 Å². The third-order valence-electron chi connectivity index (χ3n) is 3.06. The molecule has 1 unspecified atom stereocenters. The number of ether oxygens (including phenoxy) is 1. The largest absolute Gasteiger partial charge is 0.370 e. The highest BCUT2D eigenvalue weighted by Crippen LogP contribution is 2.31. The van der Waals surface area contributed by atoms with Crippen LogP contribution in [0.5, 0.6) is 0 Å². The zero-order chi connectivity index (χ0) is 10.2. The summed E-state index contributed by atoms with van der Waals surface area (Å²) in [5.74, 6) is 0. The van der Waals surface area contributed by atoms with Crippen molar-refractivity contribution < 1.29 is 4.74 Å². The monoisotopic (exact) mass is 190 g/mol. The summed E-state index contributed by atoms with van der Waals surface area (Å²) in [6.45, 7) is 7.47. The maximum Gasteiger partial charge on any atom is 0.0891 e. The molecule has 0 N–H and O–H groups in total. The average molecular weight is 190 g/mol. The molecular formula is C13H18O. The van der Waals surface area contributed by atoms with Crippen molar-refractivity contribution in [1.82, 2.24) is 0 Å². The molecule has 1 aliphatic rings. The first-order chi connectivity index (χ1) is 6.59. The van der Waals surface area contributed by atoms with Crippen LogP contribution >= 0.6 is 0 Å². The minimum atomic E-state index is 0.191. The summed E-state index contributed by atoms with van der Waals surface area (Å²) in [6.07, 6.45) is 2.29. The summed E-state index contributed by atoms with van der Waals surface area (Å²) in [4.78, 5) is 0. The van der Waals surface area contributed by atoms with Gasteiger partial charge in [-0.1, -0.05) is 23.8 Å². The lowest BCUT2D eigenvalue weighted by Crippen LogP contribution is -2.06. The van der Waals surface area contributed by atoms with Crippen molar-refractivity contribution in [2.75, 3.05) is 6.61 Å². The van der Waals surface area contributed by atoms with E-state index in [1.54, 1.807) is 0 Å². The van der Waals surface area contributed by atoms with Crippen LogP contribution in [-0.4, -0.2) is 12.2 Å². The molecule has 1 aromatic rings. The van der Waals surface area contributed by atoms with Crippen LogP contribution in [0.25, 0.3) is 0 Å². The van der Waals surface area contributed by atoms with Gasteiger partial charge in [-0.2, -0.15) is 0 Å². The van der Waals surface area contributed by atoms with E-state index in [1.165, 1.54) is 16.7 Å². The molecule has 1 atom stereocenters. The van der Waals surface area contributed by atoms with E-state index in [0.29, 0.717) is 0 Å². The van der Waals surface area contributed by atoms with Gasteiger partial charge >= 0.3 is 0 Å². The lowest BCUT2D eigenvalue weighted by atomic mass is 9.97. The molecular weight excluding hydrogens is 172 g/mol. The number of epoxide rings is 1. The van der Waals surface area contributed by atoms with Gasteiger partial charge in [-0.25, -0.2) is 0 Å². The summed E-state index contributed by atoms with van der Waals surface area (Å²) in [5.41, 5.74) is 4.42. The molecule has 1 fully saturated rings. The van der Waals surface area contributed by atoms with Crippen molar-refractivity contribution in [1.29, 1.82) is 0 Å². The van der Waals surface area contributed by atoms with Crippen LogP contribution in [0.4, 0.5) is 0 Å². The summed E-state index contributed by atoms with van der Waals surface area (Å²) in [5, 5.41) is 0. The van der Waals surface area contributed by atoms with Gasteiger partial charge in [0.2, 0.25) is 0 Å². The van der Waals surface area contributed by atoms with Gasteiger partial charge in [-0.3, -0.25) is 0 Å². The predicted molar refractivity (Wildman–Crippen MR) is 58.6 cm³/mol. The number of hydrogen-bond donors (Lipinski definition) is 0. The number of rotatable bonds is 3. The summed E-state index contributed by atoms with van der Waals surface area (Å²) in [7, 11) is 0. The lowest BCUT2D eigenvalue weighted by molar-refractivity contribution is 0.309. The molecule has 0 aliphatic carbocycles. The van der Waals surface area contributed by atoms with E-state index in [9.17, 15) is 0 Å². The van der Waals surface area contributed by atoms with Crippen LogP contribution < -0.4 is 0 Å². The van der Waals surface area contributed by atoms with Gasteiger partial charge in [0.25, 0.3) is 0 Å². The number of benzene rings is 1. The first kappa shape index (κ1) is 9.72. The SMILES string of the molecule is Cc1ccc(C)c(CCC2(C)CO2)c1. The molecule has 0 bridgehead atoms. The van der Waals surface area contributed by atoms with Gasteiger partial charge in [-0.05, 0) is 44.7 Å². The minimum Gasteiger partial charge on any atom is -0.370 e. The van der Waals surface area contributed by atoms with Crippen LogP contribution in [-0.2, 0) is 11.2 Å². The zero-order valence-electron chi connectivity index (χ0n) is 9.26. The second kappa shape index (κ2) is 3.39. The Morgan fingerprint density at radius 2 is 2.07 bits per heavy atom. The van der Waals surface area contributed by atoms with Crippen molar-refractivity contribution in [3.63, 3.8) is 0 Å². The highest BCUT2D eigenvalue weighted by atomic mass is 16.6. The zero-order valence-corrected chi connectivity index (χ0v) is 9.26. The second-order valence-electron chi connectivity index (χ2n) is 4.67. The smallest absolute Gasteiger partial charge is 0.0891 e. The van der Waals surface area contributed by atoms with Crippen LogP contribution in [0.3, 0.4) is 0 Å². The topological polar surface area (TPSA) is 12.5 Å². The maximum atomic E-state index is 5.39. The van der Waals surface area contributed by atoms with Crippen LogP contribution in [0.1, 0.15) is 30.0 Å². The van der Waals surface area contributed by atoms with Crippen molar-refractivity contribution >= 4 is 0 Å². The Morgan fingerprint density at radius 1 is 1.36 bits per heavy atom. The number of aryl methyl sites for hydroxylation is 3. The van der Waals surface area contributed by atoms with E-state index in [1.807, 2.05) is 0 Å². The van der Waals surface area contributed by atoms with E-state index in [2.05, 4.69) is 39.0 Å². The van der Waals surface area contributed by atoms with Crippen molar-refractivity contribution in [3.05, 3.63) is 34.9 Å². The van der Waals surface area contributed by atoms with E-state index < -0.39 is 0 Å². The molecule has 2 rings (SSSR count). The third kappa shape index (κ3) is 2.16. The molecule has 14 heavy (non-hydrogen) atoms. The molecule has 76 valence electrons. The molecule has 1 nitrogen and oxygen atoms in total. The Morgan fingerprint density at radius 3 is 2.71 bits per heavy atom. The van der Waals surface area contributed by atoms with E-state index >= 15 is 0 Å². The van der Waals surface area contributed by atoms with Crippen LogP contribution in [0.15, 0.2) is 18.2 Å². The minimum absolute atomic E-state index is 0.191. The summed E-state index contributed by atoms with van der Waals surface area (Å²) >= 11 is 0. The molecule has 0 spiro atoms. The van der Waals surface area contributed by atoms with Gasteiger partial charge in [0.1, 0.15) is 0 Å². The number of hydrogen-bond acceptors (Lipinski definition) is 1. The van der Waals surface area contributed by atoms with Crippen molar-refractivity contribution in [3.8, 4) is 0 Å². The van der Waals surface area contributed by atoms with Crippen molar-refractivity contribution in [2.45, 2.75) is 39.2 Å². The van der Waals surface area contributed by atoms with Gasteiger partial charge in [0.15, 0.2) is 0 Å². The second-order valence-corrected chi connectivity index (χ2v) is 4.67. The third-order valence-corrected chi connectivity index (χ3v) is 3.06. The van der Waals surface area contributed by atoms with Gasteiger partial charge in [0.05, 0.1) is 12.2 Å². The molecule has 1 aromatic carbocycles. The summed E-state index contributed by atoms with van der Waals surface area (Å²) < 4.78 is 5.39. The molecule has 1 aliphatic heterocycles. The Balaban J connectivity index is 2.04. The van der Waals surface area contributed by atoms with Crippen LogP contribution in [0, 0.1) is 13.8 Å². The van der Waals surface area contributed by atoms with E-state index in [0.717, 1.165) is 19.4 Å². The Kier molecular flexibility index (Phi) is 2.36. The maximum absolute atomic E-state index is 5.39. The first-order valence-electron chi connectivity index (χ1n) is 5.29. The highest BCUT2D eigenvalue weighted by molar-refractivity contribution is 5.30. The molecule has 0 saturated carbocycles. The molecule has 1 heteroatoms. The van der Waals surface area contributed by atoms with E-state index in [-0.39, 0.29) is 5.60 Å². The predicted octanol–water partition coefficient (Wildman–Crippen LogP) is 3.02. The van der Waals surface area contributed by atoms with Crippen molar-refractivity contribution in [2.24, 2.45) is 0 Å². The average Bonchev–Trinajstić information content (AvgIpc) is 2.87. The molecule has 1 saturated heterocycles. The highest BCUT2D eigenvalue weighted by Gasteiger charge is 2.38. The first-order valence-corrected chi connectivity index (χ1v) is 5.29. The fourth-order valence-corrected chi connectivity index (χ4v) is 1.74. The van der Waals surface area contributed by atoms with Crippen LogP contribution in [0.2, 0.25) is 0 Å². The molecule has 0 amide bonds.